The quantitative estimate of drug-likeness (QED) is 0.568. The van der Waals surface area contributed by atoms with Gasteiger partial charge in [0.15, 0.2) is 6.61 Å². The highest BCUT2D eigenvalue weighted by atomic mass is 35.5. The zero-order valence-electron chi connectivity index (χ0n) is 15.2. The molecule has 1 fully saturated rings. The average molecular weight is 403 g/mol. The van der Waals surface area contributed by atoms with Crippen molar-refractivity contribution >= 4 is 35.2 Å². The molecule has 146 valence electrons. The van der Waals surface area contributed by atoms with Crippen molar-refractivity contribution in [1.82, 2.24) is 4.90 Å². The minimum absolute atomic E-state index is 0.266. The molecule has 0 saturated carbocycles. The summed E-state index contributed by atoms with van der Waals surface area (Å²) in [6.45, 7) is 1.62. The summed E-state index contributed by atoms with van der Waals surface area (Å²) in [7, 11) is 0. The van der Waals surface area contributed by atoms with Crippen LogP contribution in [0.5, 0.6) is 0 Å². The predicted octanol–water partition coefficient (Wildman–Crippen LogP) is 3.38. The molecule has 0 unspecified atom stereocenters. The molecular weight excluding hydrogens is 383 g/mol. The Balaban J connectivity index is 1.44. The molecule has 3 rings (SSSR count). The molecular formula is C21H20ClFN2O3. The minimum Gasteiger partial charge on any atom is -0.452 e. The molecule has 0 N–H and O–H groups in total. The van der Waals surface area contributed by atoms with Crippen molar-refractivity contribution in [3.63, 3.8) is 0 Å². The molecule has 1 heterocycles. The van der Waals surface area contributed by atoms with E-state index in [0.29, 0.717) is 36.9 Å². The molecule has 0 aromatic heterocycles. The first kappa shape index (κ1) is 19.9. The number of benzene rings is 2. The van der Waals surface area contributed by atoms with Crippen molar-refractivity contribution in [3.8, 4) is 0 Å². The zero-order chi connectivity index (χ0) is 19.9. The SMILES string of the molecule is O=C(/C=C/c1cccc(Cl)c1)OCC(=O)N1CCN(c2ccccc2F)CC1. The maximum absolute atomic E-state index is 13.9. The maximum Gasteiger partial charge on any atom is 0.331 e. The number of hydrogen-bond acceptors (Lipinski definition) is 4. The number of para-hydroxylation sites is 1. The van der Waals surface area contributed by atoms with E-state index in [2.05, 4.69) is 0 Å². The first-order valence-electron chi connectivity index (χ1n) is 8.90. The summed E-state index contributed by atoms with van der Waals surface area (Å²) in [4.78, 5) is 27.6. The van der Waals surface area contributed by atoms with Crippen molar-refractivity contribution < 1.29 is 18.7 Å². The second kappa shape index (κ2) is 9.37. The van der Waals surface area contributed by atoms with Crippen LogP contribution in [0.15, 0.2) is 54.6 Å². The van der Waals surface area contributed by atoms with Gasteiger partial charge in [-0.3, -0.25) is 4.79 Å². The second-order valence-electron chi connectivity index (χ2n) is 6.32. The smallest absolute Gasteiger partial charge is 0.331 e. The molecule has 2 aromatic rings. The van der Waals surface area contributed by atoms with E-state index in [4.69, 9.17) is 16.3 Å². The second-order valence-corrected chi connectivity index (χ2v) is 6.75. The number of hydrogen-bond donors (Lipinski definition) is 0. The van der Waals surface area contributed by atoms with Crippen molar-refractivity contribution in [3.05, 3.63) is 71.0 Å². The van der Waals surface area contributed by atoms with Crippen LogP contribution < -0.4 is 4.90 Å². The molecule has 1 aliphatic rings. The molecule has 1 saturated heterocycles. The molecule has 0 radical (unpaired) electrons. The van der Waals surface area contributed by atoms with Crippen molar-refractivity contribution in [1.29, 1.82) is 0 Å². The summed E-state index contributed by atoms with van der Waals surface area (Å²) in [5.74, 6) is -1.14. The lowest BCUT2D eigenvalue weighted by molar-refractivity contribution is -0.148. The highest BCUT2D eigenvalue weighted by Gasteiger charge is 2.23. The van der Waals surface area contributed by atoms with E-state index in [1.165, 1.54) is 12.1 Å². The standard InChI is InChI=1S/C21H20ClFN2O3/c22-17-5-3-4-16(14-17)8-9-21(27)28-15-20(26)25-12-10-24(11-13-25)19-7-2-1-6-18(19)23/h1-9,14H,10-13,15H2/b9-8+. The van der Waals surface area contributed by atoms with Gasteiger partial charge in [0.25, 0.3) is 5.91 Å². The first-order valence-corrected chi connectivity index (χ1v) is 9.28. The van der Waals surface area contributed by atoms with Crippen LogP contribution in [-0.4, -0.2) is 49.6 Å². The van der Waals surface area contributed by atoms with Crippen molar-refractivity contribution in [2.75, 3.05) is 37.7 Å². The molecule has 5 nitrogen and oxygen atoms in total. The third-order valence-corrected chi connectivity index (χ3v) is 4.66. The Kier molecular flexibility index (Phi) is 6.66. The van der Waals surface area contributed by atoms with E-state index >= 15 is 0 Å². The normalized spacial score (nSPS) is 14.4. The Morgan fingerprint density at radius 3 is 2.54 bits per heavy atom. The number of nitrogens with zero attached hydrogens (tertiary/aromatic N) is 2. The first-order chi connectivity index (χ1) is 13.5. The Hall–Kier alpha value is -2.86. The molecule has 1 amide bonds. The van der Waals surface area contributed by atoms with E-state index in [1.54, 1.807) is 53.4 Å². The third kappa shape index (κ3) is 5.33. The van der Waals surface area contributed by atoms with E-state index in [0.717, 1.165) is 5.56 Å². The van der Waals surface area contributed by atoms with Crippen LogP contribution in [0.2, 0.25) is 5.02 Å². The van der Waals surface area contributed by atoms with Gasteiger partial charge in [0.1, 0.15) is 5.82 Å². The maximum atomic E-state index is 13.9. The summed E-state index contributed by atoms with van der Waals surface area (Å²) < 4.78 is 18.9. The number of carbonyl (C=O) groups is 2. The molecule has 0 aliphatic carbocycles. The summed E-state index contributed by atoms with van der Waals surface area (Å²) in [6.07, 6.45) is 2.83. The highest BCUT2D eigenvalue weighted by Crippen LogP contribution is 2.20. The van der Waals surface area contributed by atoms with E-state index < -0.39 is 5.97 Å². The topological polar surface area (TPSA) is 49.9 Å². The van der Waals surface area contributed by atoms with Gasteiger partial charge in [-0.2, -0.15) is 0 Å². The van der Waals surface area contributed by atoms with Crippen LogP contribution in [-0.2, 0) is 14.3 Å². The average Bonchev–Trinajstić information content (AvgIpc) is 2.71. The van der Waals surface area contributed by atoms with E-state index in [9.17, 15) is 14.0 Å². The molecule has 1 aliphatic heterocycles. The molecule has 2 aromatic carbocycles. The van der Waals surface area contributed by atoms with E-state index in [-0.39, 0.29) is 18.3 Å². The van der Waals surface area contributed by atoms with Gasteiger partial charge in [-0.15, -0.1) is 0 Å². The Bertz CT molecular complexity index is 879. The largest absolute Gasteiger partial charge is 0.452 e. The summed E-state index contributed by atoms with van der Waals surface area (Å²) >= 11 is 5.88. The molecule has 0 atom stereocenters. The van der Waals surface area contributed by atoms with Gasteiger partial charge in [0.2, 0.25) is 0 Å². The monoisotopic (exact) mass is 402 g/mol. The lowest BCUT2D eigenvalue weighted by Gasteiger charge is -2.36. The van der Waals surface area contributed by atoms with Crippen LogP contribution in [0.3, 0.4) is 0 Å². The fourth-order valence-electron chi connectivity index (χ4n) is 2.95. The fraction of sp³-hybridized carbons (Fsp3) is 0.238. The number of carbonyl (C=O) groups excluding carboxylic acids is 2. The van der Waals surface area contributed by atoms with Gasteiger partial charge >= 0.3 is 5.97 Å². The number of esters is 1. The summed E-state index contributed by atoms with van der Waals surface area (Å²) in [5.41, 5.74) is 1.30. The van der Waals surface area contributed by atoms with E-state index in [1.807, 2.05) is 4.90 Å². The van der Waals surface area contributed by atoms with Crippen LogP contribution in [0.4, 0.5) is 10.1 Å². The fourth-order valence-corrected chi connectivity index (χ4v) is 3.15. The Morgan fingerprint density at radius 1 is 1.07 bits per heavy atom. The Morgan fingerprint density at radius 2 is 1.82 bits per heavy atom. The van der Waals surface area contributed by atoms with Gasteiger partial charge in [0, 0.05) is 37.3 Å². The Labute approximate surface area is 168 Å². The highest BCUT2D eigenvalue weighted by molar-refractivity contribution is 6.30. The van der Waals surface area contributed by atoms with Gasteiger partial charge in [-0.25, -0.2) is 9.18 Å². The van der Waals surface area contributed by atoms with Crippen LogP contribution in [0.1, 0.15) is 5.56 Å². The van der Waals surface area contributed by atoms with Crippen molar-refractivity contribution in [2.45, 2.75) is 0 Å². The molecule has 0 spiro atoms. The van der Waals surface area contributed by atoms with Crippen LogP contribution in [0.25, 0.3) is 6.08 Å². The number of amides is 1. The van der Waals surface area contributed by atoms with Gasteiger partial charge < -0.3 is 14.5 Å². The van der Waals surface area contributed by atoms with Crippen LogP contribution >= 0.6 is 11.6 Å². The zero-order valence-corrected chi connectivity index (χ0v) is 15.9. The number of piperazine rings is 1. The van der Waals surface area contributed by atoms with Gasteiger partial charge in [-0.05, 0) is 35.9 Å². The third-order valence-electron chi connectivity index (χ3n) is 4.42. The van der Waals surface area contributed by atoms with Gasteiger partial charge in [-0.1, -0.05) is 35.9 Å². The molecule has 28 heavy (non-hydrogen) atoms. The molecule has 0 bridgehead atoms. The summed E-state index contributed by atoms with van der Waals surface area (Å²) in [6, 6.07) is 13.6. The number of halogens is 2. The summed E-state index contributed by atoms with van der Waals surface area (Å²) in [5, 5.41) is 0.570. The predicted molar refractivity (Wildman–Crippen MR) is 107 cm³/mol. The number of rotatable bonds is 5. The lowest BCUT2D eigenvalue weighted by Crippen LogP contribution is -2.50. The number of ether oxygens (including phenoxy) is 1. The van der Waals surface area contributed by atoms with Gasteiger partial charge in [0.05, 0.1) is 5.69 Å². The lowest BCUT2D eigenvalue weighted by atomic mass is 10.2. The minimum atomic E-state index is -0.599. The molecule has 7 heteroatoms. The van der Waals surface area contributed by atoms with Crippen molar-refractivity contribution in [2.24, 2.45) is 0 Å². The number of anilines is 1. The van der Waals surface area contributed by atoms with Crippen LogP contribution in [0, 0.1) is 5.82 Å².